The van der Waals surface area contributed by atoms with Gasteiger partial charge in [0.25, 0.3) is 0 Å². The Labute approximate surface area is 104 Å². The van der Waals surface area contributed by atoms with Gasteiger partial charge in [-0.2, -0.15) is 0 Å². The van der Waals surface area contributed by atoms with Crippen LogP contribution in [-0.4, -0.2) is 5.78 Å². The fraction of sp³-hybridized carbons (Fsp3) is 0.154. The largest absolute Gasteiger partial charge is 0.288 e. The molecule has 16 heavy (non-hydrogen) atoms. The molecule has 0 aliphatic carbocycles. The van der Waals surface area contributed by atoms with Gasteiger partial charge in [0.1, 0.15) is 0 Å². The number of benzene rings is 1. The van der Waals surface area contributed by atoms with Crippen molar-refractivity contribution in [3.05, 3.63) is 56.2 Å². The van der Waals surface area contributed by atoms with Crippen LogP contribution < -0.4 is 0 Å². The van der Waals surface area contributed by atoms with Gasteiger partial charge >= 0.3 is 0 Å². The Balaban J connectivity index is 2.43. The van der Waals surface area contributed by atoms with Crippen LogP contribution in [0.1, 0.15) is 25.7 Å². The first-order valence-electron chi connectivity index (χ1n) is 4.95. The van der Waals surface area contributed by atoms with Crippen molar-refractivity contribution >= 4 is 28.7 Å². The standard InChI is InChI=1S/C13H11ClOS/c1-8-6-9(2)16-13(8)12(15)10-4-3-5-11(14)7-10/h3-7H,1-2H3. The van der Waals surface area contributed by atoms with Crippen molar-refractivity contribution in [2.45, 2.75) is 13.8 Å². The fourth-order valence-corrected chi connectivity index (χ4v) is 2.81. The van der Waals surface area contributed by atoms with Gasteiger partial charge in [0, 0.05) is 15.5 Å². The summed E-state index contributed by atoms with van der Waals surface area (Å²) >= 11 is 7.40. The number of rotatable bonds is 2. The van der Waals surface area contributed by atoms with Crippen molar-refractivity contribution in [3.8, 4) is 0 Å². The number of thiophene rings is 1. The molecule has 1 aromatic carbocycles. The zero-order chi connectivity index (χ0) is 11.7. The lowest BCUT2D eigenvalue weighted by Gasteiger charge is -2.00. The molecule has 1 heterocycles. The van der Waals surface area contributed by atoms with Gasteiger partial charge in [-0.1, -0.05) is 23.7 Å². The molecule has 0 saturated carbocycles. The maximum absolute atomic E-state index is 12.2. The van der Waals surface area contributed by atoms with Crippen LogP contribution in [0.2, 0.25) is 5.02 Å². The number of aryl methyl sites for hydroxylation is 2. The highest BCUT2D eigenvalue weighted by atomic mass is 35.5. The highest BCUT2D eigenvalue weighted by Gasteiger charge is 2.14. The van der Waals surface area contributed by atoms with Gasteiger partial charge in [-0.15, -0.1) is 11.3 Å². The summed E-state index contributed by atoms with van der Waals surface area (Å²) in [4.78, 5) is 14.1. The second-order valence-corrected chi connectivity index (χ2v) is 5.40. The average molecular weight is 251 g/mol. The summed E-state index contributed by atoms with van der Waals surface area (Å²) in [6.07, 6.45) is 0. The summed E-state index contributed by atoms with van der Waals surface area (Å²) in [5, 5.41) is 0.594. The summed E-state index contributed by atoms with van der Waals surface area (Å²) in [7, 11) is 0. The molecule has 0 N–H and O–H groups in total. The lowest BCUT2D eigenvalue weighted by Crippen LogP contribution is -1.99. The monoisotopic (exact) mass is 250 g/mol. The molecule has 1 nitrogen and oxygen atoms in total. The molecule has 0 fully saturated rings. The number of halogens is 1. The smallest absolute Gasteiger partial charge is 0.203 e. The quantitative estimate of drug-likeness (QED) is 0.729. The molecule has 82 valence electrons. The minimum atomic E-state index is 0.0538. The van der Waals surface area contributed by atoms with Gasteiger partial charge in [0.15, 0.2) is 0 Å². The number of hydrogen-bond acceptors (Lipinski definition) is 2. The van der Waals surface area contributed by atoms with Crippen LogP contribution in [0.5, 0.6) is 0 Å². The van der Waals surface area contributed by atoms with Gasteiger partial charge in [0.2, 0.25) is 5.78 Å². The molecule has 2 aromatic rings. The van der Waals surface area contributed by atoms with Crippen LogP contribution in [0, 0.1) is 13.8 Å². The highest BCUT2D eigenvalue weighted by Crippen LogP contribution is 2.24. The number of hydrogen-bond donors (Lipinski definition) is 0. The first kappa shape index (κ1) is 11.4. The van der Waals surface area contributed by atoms with Crippen molar-refractivity contribution in [2.24, 2.45) is 0 Å². The predicted molar refractivity (Wildman–Crippen MR) is 68.7 cm³/mol. The van der Waals surface area contributed by atoms with E-state index in [9.17, 15) is 4.79 Å². The number of carbonyl (C=O) groups excluding carboxylic acids is 1. The number of ketones is 1. The Hall–Kier alpha value is -1.12. The maximum atomic E-state index is 12.2. The van der Waals surface area contributed by atoms with Crippen molar-refractivity contribution < 1.29 is 4.79 Å². The van der Waals surface area contributed by atoms with Gasteiger partial charge in [-0.05, 0) is 37.6 Å². The van der Waals surface area contributed by atoms with E-state index in [1.165, 1.54) is 11.3 Å². The van der Waals surface area contributed by atoms with E-state index in [0.29, 0.717) is 10.6 Å². The van der Waals surface area contributed by atoms with E-state index < -0.39 is 0 Å². The van der Waals surface area contributed by atoms with Crippen LogP contribution in [0.25, 0.3) is 0 Å². The second kappa shape index (κ2) is 4.40. The summed E-state index contributed by atoms with van der Waals surface area (Å²) in [5.41, 5.74) is 1.69. The average Bonchev–Trinajstić information content (AvgIpc) is 2.57. The van der Waals surface area contributed by atoms with Crippen LogP contribution in [0.15, 0.2) is 30.3 Å². The lowest BCUT2D eigenvalue weighted by molar-refractivity contribution is 0.104. The molecule has 0 radical (unpaired) electrons. The zero-order valence-corrected chi connectivity index (χ0v) is 10.7. The summed E-state index contributed by atoms with van der Waals surface area (Å²) in [6, 6.07) is 9.10. The molecular weight excluding hydrogens is 240 g/mol. The van der Waals surface area contributed by atoms with Gasteiger partial charge < -0.3 is 0 Å². The lowest BCUT2D eigenvalue weighted by atomic mass is 10.1. The molecule has 0 amide bonds. The molecule has 0 aliphatic heterocycles. The van der Waals surface area contributed by atoms with E-state index in [2.05, 4.69) is 0 Å². The minimum absolute atomic E-state index is 0.0538. The molecule has 0 unspecified atom stereocenters. The minimum Gasteiger partial charge on any atom is -0.288 e. The maximum Gasteiger partial charge on any atom is 0.203 e. The van der Waals surface area contributed by atoms with Crippen LogP contribution in [0.4, 0.5) is 0 Å². The first-order chi connectivity index (χ1) is 7.58. The summed E-state index contributed by atoms with van der Waals surface area (Å²) < 4.78 is 0. The third kappa shape index (κ3) is 2.18. The Morgan fingerprint density at radius 1 is 1.25 bits per heavy atom. The first-order valence-corrected chi connectivity index (χ1v) is 6.14. The van der Waals surface area contributed by atoms with Crippen molar-refractivity contribution in [3.63, 3.8) is 0 Å². The zero-order valence-electron chi connectivity index (χ0n) is 9.08. The van der Waals surface area contributed by atoms with Crippen molar-refractivity contribution in [1.82, 2.24) is 0 Å². The van der Waals surface area contributed by atoms with E-state index in [-0.39, 0.29) is 5.78 Å². The van der Waals surface area contributed by atoms with E-state index >= 15 is 0 Å². The van der Waals surface area contributed by atoms with Crippen molar-refractivity contribution in [1.29, 1.82) is 0 Å². The van der Waals surface area contributed by atoms with E-state index in [0.717, 1.165) is 15.3 Å². The van der Waals surface area contributed by atoms with E-state index in [1.54, 1.807) is 24.3 Å². The molecule has 1 aromatic heterocycles. The molecule has 0 atom stereocenters. The topological polar surface area (TPSA) is 17.1 Å². The molecule has 3 heteroatoms. The third-order valence-corrected chi connectivity index (χ3v) is 3.72. The normalized spacial score (nSPS) is 10.4. The van der Waals surface area contributed by atoms with Gasteiger partial charge in [0.05, 0.1) is 4.88 Å². The second-order valence-electron chi connectivity index (χ2n) is 3.71. The Morgan fingerprint density at radius 2 is 2.00 bits per heavy atom. The summed E-state index contributed by atoms with van der Waals surface area (Å²) in [6.45, 7) is 3.97. The van der Waals surface area contributed by atoms with E-state index in [1.807, 2.05) is 19.9 Å². The molecule has 0 bridgehead atoms. The molecule has 2 rings (SSSR count). The van der Waals surface area contributed by atoms with Crippen LogP contribution in [0.3, 0.4) is 0 Å². The SMILES string of the molecule is Cc1cc(C)c(C(=O)c2cccc(Cl)c2)s1. The Morgan fingerprint density at radius 3 is 2.56 bits per heavy atom. The van der Waals surface area contributed by atoms with Crippen LogP contribution >= 0.6 is 22.9 Å². The Bertz CT molecular complexity index is 543. The predicted octanol–water partition coefficient (Wildman–Crippen LogP) is 4.25. The summed E-state index contributed by atoms with van der Waals surface area (Å²) in [5.74, 6) is 0.0538. The molecule has 0 spiro atoms. The van der Waals surface area contributed by atoms with E-state index in [4.69, 9.17) is 11.6 Å². The molecular formula is C13H11ClOS. The number of carbonyl (C=O) groups is 1. The van der Waals surface area contributed by atoms with Gasteiger partial charge in [-0.3, -0.25) is 4.79 Å². The third-order valence-electron chi connectivity index (χ3n) is 2.33. The van der Waals surface area contributed by atoms with Crippen molar-refractivity contribution in [2.75, 3.05) is 0 Å². The highest BCUT2D eigenvalue weighted by molar-refractivity contribution is 7.14. The molecule has 0 aliphatic rings. The van der Waals surface area contributed by atoms with Gasteiger partial charge in [-0.25, -0.2) is 0 Å². The molecule has 0 saturated heterocycles. The van der Waals surface area contributed by atoms with Crippen LogP contribution in [-0.2, 0) is 0 Å². The Kier molecular flexibility index (Phi) is 3.13. The fourth-order valence-electron chi connectivity index (χ4n) is 1.63.